The summed E-state index contributed by atoms with van der Waals surface area (Å²) >= 11 is 5.75. The third kappa shape index (κ3) is 3.54. The Morgan fingerprint density at radius 3 is 2.43 bits per heavy atom. The molecule has 1 unspecified atom stereocenters. The number of hydrogen-bond donors (Lipinski definition) is 1. The number of halogens is 3. The number of furan rings is 1. The van der Waals surface area contributed by atoms with Gasteiger partial charge in [-0.3, -0.25) is 0 Å². The van der Waals surface area contributed by atoms with E-state index in [0.717, 1.165) is 18.6 Å². The van der Waals surface area contributed by atoms with Crippen LogP contribution in [0, 0.1) is 11.6 Å². The number of benzene rings is 1. The summed E-state index contributed by atoms with van der Waals surface area (Å²) in [5, 5.41) is 3.23. The van der Waals surface area contributed by atoms with Crippen LogP contribution < -0.4 is 10.1 Å². The lowest BCUT2D eigenvalue weighted by Gasteiger charge is -2.18. The monoisotopic (exact) mass is 315 g/mol. The van der Waals surface area contributed by atoms with Crippen molar-refractivity contribution in [2.45, 2.75) is 19.4 Å². The Morgan fingerprint density at radius 2 is 1.95 bits per heavy atom. The molecule has 3 nitrogen and oxygen atoms in total. The molecule has 114 valence electrons. The van der Waals surface area contributed by atoms with Gasteiger partial charge in [0.1, 0.15) is 23.1 Å². The molecule has 21 heavy (non-hydrogen) atoms. The fraction of sp³-hybridized carbons (Fsp3) is 0.333. The van der Waals surface area contributed by atoms with Crippen LogP contribution in [0.4, 0.5) is 8.78 Å². The van der Waals surface area contributed by atoms with Crippen molar-refractivity contribution in [3.63, 3.8) is 0 Å². The SMILES string of the molecule is CCCNC(c1ccc(Cl)o1)c1c(F)cc(OC)cc1F. The Kier molecular flexibility index (Phi) is 5.20. The van der Waals surface area contributed by atoms with Crippen LogP contribution in [0.5, 0.6) is 5.75 Å². The van der Waals surface area contributed by atoms with Crippen molar-refractivity contribution in [1.82, 2.24) is 5.32 Å². The Hall–Kier alpha value is -1.59. The van der Waals surface area contributed by atoms with Crippen molar-refractivity contribution in [2.24, 2.45) is 0 Å². The van der Waals surface area contributed by atoms with Crippen molar-refractivity contribution in [3.8, 4) is 5.75 Å². The highest BCUT2D eigenvalue weighted by Gasteiger charge is 2.25. The molecule has 6 heteroatoms. The van der Waals surface area contributed by atoms with Crippen LogP contribution in [0.3, 0.4) is 0 Å². The van der Waals surface area contributed by atoms with Crippen LogP contribution in [0.25, 0.3) is 0 Å². The highest BCUT2D eigenvalue weighted by atomic mass is 35.5. The molecule has 0 bridgehead atoms. The van der Waals surface area contributed by atoms with Gasteiger partial charge >= 0.3 is 0 Å². The largest absolute Gasteiger partial charge is 0.497 e. The first-order valence-corrected chi connectivity index (χ1v) is 6.96. The third-order valence-electron chi connectivity index (χ3n) is 3.05. The molecule has 1 aromatic heterocycles. The summed E-state index contributed by atoms with van der Waals surface area (Å²) in [6, 6.07) is 4.67. The molecule has 0 saturated heterocycles. The molecule has 0 spiro atoms. The molecule has 0 aliphatic carbocycles. The fourth-order valence-corrected chi connectivity index (χ4v) is 2.22. The number of hydrogen-bond acceptors (Lipinski definition) is 3. The van der Waals surface area contributed by atoms with Gasteiger partial charge in [-0.05, 0) is 36.7 Å². The van der Waals surface area contributed by atoms with Gasteiger partial charge in [0.05, 0.1) is 13.2 Å². The highest BCUT2D eigenvalue weighted by Crippen LogP contribution is 2.31. The van der Waals surface area contributed by atoms with E-state index in [1.807, 2.05) is 6.92 Å². The van der Waals surface area contributed by atoms with Gasteiger partial charge in [-0.2, -0.15) is 0 Å². The van der Waals surface area contributed by atoms with Gasteiger partial charge in [-0.15, -0.1) is 0 Å². The van der Waals surface area contributed by atoms with Crippen molar-refractivity contribution in [2.75, 3.05) is 13.7 Å². The summed E-state index contributed by atoms with van der Waals surface area (Å²) in [4.78, 5) is 0. The van der Waals surface area contributed by atoms with Crippen molar-refractivity contribution < 1.29 is 17.9 Å². The number of ether oxygens (including phenoxy) is 1. The van der Waals surface area contributed by atoms with Crippen molar-refractivity contribution in [1.29, 1.82) is 0 Å². The van der Waals surface area contributed by atoms with Gasteiger partial charge in [0, 0.05) is 17.7 Å². The Balaban J connectivity index is 2.46. The van der Waals surface area contributed by atoms with Crippen LogP contribution in [-0.2, 0) is 0 Å². The maximum atomic E-state index is 14.2. The molecule has 0 aliphatic rings. The lowest BCUT2D eigenvalue weighted by Crippen LogP contribution is -2.25. The van der Waals surface area contributed by atoms with E-state index >= 15 is 0 Å². The van der Waals surface area contributed by atoms with Crippen LogP contribution in [0.2, 0.25) is 5.22 Å². The van der Waals surface area contributed by atoms with Gasteiger partial charge in [0.25, 0.3) is 0 Å². The Labute approximate surface area is 126 Å². The first-order valence-electron chi connectivity index (χ1n) is 6.58. The number of methoxy groups -OCH3 is 1. The zero-order valence-electron chi connectivity index (χ0n) is 11.8. The summed E-state index contributed by atoms with van der Waals surface area (Å²) in [5.41, 5.74) is -0.115. The normalized spacial score (nSPS) is 12.4. The van der Waals surface area contributed by atoms with E-state index in [0.29, 0.717) is 12.3 Å². The van der Waals surface area contributed by atoms with E-state index in [1.165, 1.54) is 13.2 Å². The molecule has 2 rings (SSSR count). The molecule has 0 radical (unpaired) electrons. The first kappa shape index (κ1) is 15.8. The van der Waals surface area contributed by atoms with Crippen LogP contribution in [0.15, 0.2) is 28.7 Å². The van der Waals surface area contributed by atoms with E-state index in [2.05, 4.69) is 5.32 Å². The number of nitrogens with one attached hydrogen (secondary N) is 1. The minimum absolute atomic E-state index is 0.115. The fourth-order valence-electron chi connectivity index (χ4n) is 2.07. The van der Waals surface area contributed by atoms with Crippen molar-refractivity contribution >= 4 is 11.6 Å². The zero-order chi connectivity index (χ0) is 15.4. The van der Waals surface area contributed by atoms with Gasteiger partial charge in [0.2, 0.25) is 0 Å². The van der Waals surface area contributed by atoms with Crippen LogP contribution >= 0.6 is 11.6 Å². The Morgan fingerprint density at radius 1 is 1.29 bits per heavy atom. The van der Waals surface area contributed by atoms with Crippen LogP contribution in [0.1, 0.15) is 30.7 Å². The molecule has 2 aromatic rings. The molecular formula is C15H16ClF2NO2. The predicted molar refractivity (Wildman–Crippen MR) is 76.8 cm³/mol. The maximum Gasteiger partial charge on any atom is 0.193 e. The smallest absolute Gasteiger partial charge is 0.193 e. The molecule has 1 heterocycles. The minimum Gasteiger partial charge on any atom is -0.497 e. The molecule has 0 fully saturated rings. The Bertz CT molecular complexity index is 592. The number of rotatable bonds is 6. The van der Waals surface area contributed by atoms with Gasteiger partial charge < -0.3 is 14.5 Å². The van der Waals surface area contributed by atoms with E-state index in [1.54, 1.807) is 6.07 Å². The summed E-state index contributed by atoms with van der Waals surface area (Å²) in [6.45, 7) is 2.54. The summed E-state index contributed by atoms with van der Waals surface area (Å²) in [5.74, 6) is -0.919. The quantitative estimate of drug-likeness (QED) is 0.862. The van der Waals surface area contributed by atoms with Gasteiger partial charge in [-0.25, -0.2) is 8.78 Å². The second-order valence-electron chi connectivity index (χ2n) is 4.53. The lowest BCUT2D eigenvalue weighted by molar-refractivity contribution is 0.395. The first-order chi connectivity index (χ1) is 10.1. The predicted octanol–water partition coefficient (Wildman–Crippen LogP) is 4.31. The van der Waals surface area contributed by atoms with E-state index in [9.17, 15) is 8.78 Å². The maximum absolute atomic E-state index is 14.2. The van der Waals surface area contributed by atoms with Crippen LogP contribution in [-0.4, -0.2) is 13.7 Å². The average Bonchev–Trinajstić information content (AvgIpc) is 2.87. The zero-order valence-corrected chi connectivity index (χ0v) is 12.5. The summed E-state index contributed by atoms with van der Waals surface area (Å²) in [6.07, 6.45) is 0.810. The topological polar surface area (TPSA) is 34.4 Å². The molecule has 1 aromatic carbocycles. The highest BCUT2D eigenvalue weighted by molar-refractivity contribution is 6.28. The van der Waals surface area contributed by atoms with E-state index < -0.39 is 17.7 Å². The molecule has 0 saturated carbocycles. The second-order valence-corrected chi connectivity index (χ2v) is 4.91. The molecule has 1 atom stereocenters. The van der Waals surface area contributed by atoms with Gasteiger partial charge in [0.15, 0.2) is 5.22 Å². The summed E-state index contributed by atoms with van der Waals surface area (Å²) < 4.78 is 38.6. The van der Waals surface area contributed by atoms with Gasteiger partial charge in [-0.1, -0.05) is 6.92 Å². The lowest BCUT2D eigenvalue weighted by atomic mass is 10.0. The standard InChI is InChI=1S/C15H16ClF2NO2/c1-3-6-19-15(12-4-5-13(16)21-12)14-10(17)7-9(20-2)8-11(14)18/h4-5,7-8,15,19H,3,6H2,1-2H3. The molecule has 0 amide bonds. The minimum atomic E-state index is -0.747. The average molecular weight is 316 g/mol. The second kappa shape index (κ2) is 6.91. The third-order valence-corrected chi connectivity index (χ3v) is 3.26. The molecular weight excluding hydrogens is 300 g/mol. The summed E-state index contributed by atoms with van der Waals surface area (Å²) in [7, 11) is 1.35. The molecule has 1 N–H and O–H groups in total. The van der Waals surface area contributed by atoms with E-state index in [-0.39, 0.29) is 16.5 Å². The molecule has 0 aliphatic heterocycles. The van der Waals surface area contributed by atoms with E-state index in [4.69, 9.17) is 20.8 Å². The van der Waals surface area contributed by atoms with Crippen molar-refractivity contribution in [3.05, 3.63) is 52.4 Å².